The van der Waals surface area contributed by atoms with Gasteiger partial charge in [0.25, 0.3) is 11.8 Å². The van der Waals surface area contributed by atoms with Crippen LogP contribution in [0.25, 0.3) is 0 Å². The number of benzene rings is 2. The number of rotatable bonds is 3. The molecule has 4 rings (SSSR count). The van der Waals surface area contributed by atoms with E-state index in [2.05, 4.69) is 5.32 Å². The minimum absolute atomic E-state index is 0.0443. The number of carbonyl (C=O) groups is 2. The largest absolute Gasteiger partial charge is 0.481 e. The number of fused-ring (bicyclic) bond motifs is 2. The van der Waals surface area contributed by atoms with E-state index < -0.39 is 6.10 Å². The van der Waals surface area contributed by atoms with Crippen molar-refractivity contribution in [3.05, 3.63) is 47.5 Å². The predicted octanol–water partition coefficient (Wildman–Crippen LogP) is 3.19. The first-order valence-electron chi connectivity index (χ1n) is 9.23. The van der Waals surface area contributed by atoms with Crippen LogP contribution in [0.4, 0.5) is 5.69 Å². The normalized spacial score (nSPS) is 17.8. The van der Waals surface area contributed by atoms with Gasteiger partial charge in [0.05, 0.1) is 0 Å². The molecule has 2 aromatic carbocycles. The van der Waals surface area contributed by atoms with Crippen molar-refractivity contribution in [2.24, 2.45) is 0 Å². The standard InChI is InChI=1S/C21H22N2O5/c1-12(2)23-10-15-8-16(5-7-17(15)28-13(3)21(23)25)22-20(24)14-4-6-18-19(9-14)27-11-26-18/h4-9,12-13H,10-11H2,1-3H3,(H,22,24). The van der Waals surface area contributed by atoms with Crippen LogP contribution in [0.5, 0.6) is 17.2 Å². The quantitative estimate of drug-likeness (QED) is 0.882. The van der Waals surface area contributed by atoms with Crippen molar-refractivity contribution in [2.45, 2.75) is 39.5 Å². The molecule has 7 nitrogen and oxygen atoms in total. The smallest absolute Gasteiger partial charge is 0.263 e. The van der Waals surface area contributed by atoms with Crippen LogP contribution in [-0.2, 0) is 11.3 Å². The van der Waals surface area contributed by atoms with Crippen molar-refractivity contribution >= 4 is 17.5 Å². The molecular formula is C21H22N2O5. The molecule has 0 aliphatic carbocycles. The molecule has 2 amide bonds. The molecule has 1 N–H and O–H groups in total. The number of nitrogens with one attached hydrogen (secondary N) is 1. The van der Waals surface area contributed by atoms with E-state index in [9.17, 15) is 9.59 Å². The molecular weight excluding hydrogens is 360 g/mol. The Kier molecular flexibility index (Phi) is 4.58. The Morgan fingerprint density at radius 1 is 1.11 bits per heavy atom. The van der Waals surface area contributed by atoms with Gasteiger partial charge in [-0.1, -0.05) is 0 Å². The molecule has 1 atom stereocenters. The highest BCUT2D eigenvalue weighted by atomic mass is 16.7. The zero-order valence-corrected chi connectivity index (χ0v) is 16.0. The molecule has 0 aromatic heterocycles. The summed E-state index contributed by atoms with van der Waals surface area (Å²) >= 11 is 0. The molecule has 0 spiro atoms. The van der Waals surface area contributed by atoms with E-state index in [4.69, 9.17) is 14.2 Å². The van der Waals surface area contributed by atoms with Gasteiger partial charge in [0, 0.05) is 29.4 Å². The van der Waals surface area contributed by atoms with Gasteiger partial charge in [0.15, 0.2) is 17.6 Å². The summed E-state index contributed by atoms with van der Waals surface area (Å²) in [7, 11) is 0. The van der Waals surface area contributed by atoms with Crippen LogP contribution in [0.3, 0.4) is 0 Å². The van der Waals surface area contributed by atoms with E-state index in [0.29, 0.717) is 35.0 Å². The van der Waals surface area contributed by atoms with Crippen LogP contribution in [-0.4, -0.2) is 35.7 Å². The molecule has 2 aromatic rings. The molecule has 0 saturated heterocycles. The summed E-state index contributed by atoms with van der Waals surface area (Å²) in [6.07, 6.45) is -0.544. The minimum atomic E-state index is -0.544. The van der Waals surface area contributed by atoms with Crippen molar-refractivity contribution in [3.63, 3.8) is 0 Å². The van der Waals surface area contributed by atoms with Crippen molar-refractivity contribution < 1.29 is 23.8 Å². The second-order valence-corrected chi connectivity index (χ2v) is 7.16. The topological polar surface area (TPSA) is 77.1 Å². The van der Waals surface area contributed by atoms with Gasteiger partial charge >= 0.3 is 0 Å². The van der Waals surface area contributed by atoms with Gasteiger partial charge in [-0.3, -0.25) is 9.59 Å². The fourth-order valence-electron chi connectivity index (χ4n) is 3.31. The van der Waals surface area contributed by atoms with Gasteiger partial charge in [-0.15, -0.1) is 0 Å². The summed E-state index contributed by atoms with van der Waals surface area (Å²) in [6.45, 7) is 6.29. The average Bonchev–Trinajstić information content (AvgIpc) is 3.10. The first-order valence-corrected chi connectivity index (χ1v) is 9.23. The Hall–Kier alpha value is -3.22. The number of carbonyl (C=O) groups excluding carboxylic acids is 2. The van der Waals surface area contributed by atoms with Crippen LogP contribution < -0.4 is 19.5 Å². The maximum Gasteiger partial charge on any atom is 0.263 e. The van der Waals surface area contributed by atoms with Crippen LogP contribution in [0.15, 0.2) is 36.4 Å². The summed E-state index contributed by atoms with van der Waals surface area (Å²) in [6, 6.07) is 10.5. The Morgan fingerprint density at radius 2 is 1.86 bits per heavy atom. The number of nitrogens with zero attached hydrogens (tertiary/aromatic N) is 1. The second kappa shape index (κ2) is 7.07. The van der Waals surface area contributed by atoms with E-state index in [1.165, 1.54) is 0 Å². The average molecular weight is 382 g/mol. The van der Waals surface area contributed by atoms with Gasteiger partial charge in [-0.25, -0.2) is 0 Å². The van der Waals surface area contributed by atoms with Crippen LogP contribution in [0.2, 0.25) is 0 Å². The van der Waals surface area contributed by atoms with E-state index in [1.54, 1.807) is 42.2 Å². The molecule has 146 valence electrons. The molecule has 2 aliphatic heterocycles. The van der Waals surface area contributed by atoms with Crippen LogP contribution >= 0.6 is 0 Å². The Labute approximate surface area is 163 Å². The maximum absolute atomic E-state index is 12.6. The second-order valence-electron chi connectivity index (χ2n) is 7.16. The number of hydrogen-bond donors (Lipinski definition) is 1. The summed E-state index contributed by atoms with van der Waals surface area (Å²) in [5, 5.41) is 2.89. The number of hydrogen-bond acceptors (Lipinski definition) is 5. The molecule has 2 aliphatic rings. The lowest BCUT2D eigenvalue weighted by Crippen LogP contribution is -2.41. The Balaban J connectivity index is 1.56. The fourth-order valence-corrected chi connectivity index (χ4v) is 3.31. The lowest BCUT2D eigenvalue weighted by molar-refractivity contribution is -0.139. The van der Waals surface area contributed by atoms with Gasteiger partial charge in [-0.05, 0) is 57.2 Å². The molecule has 7 heteroatoms. The predicted molar refractivity (Wildman–Crippen MR) is 103 cm³/mol. The maximum atomic E-state index is 12.6. The van der Waals surface area contributed by atoms with Crippen molar-refractivity contribution in [3.8, 4) is 17.2 Å². The fraction of sp³-hybridized carbons (Fsp3) is 0.333. The molecule has 0 radical (unpaired) electrons. The highest BCUT2D eigenvalue weighted by molar-refractivity contribution is 6.04. The van der Waals surface area contributed by atoms with Crippen LogP contribution in [0, 0.1) is 0 Å². The van der Waals surface area contributed by atoms with E-state index in [0.717, 1.165) is 5.56 Å². The third kappa shape index (κ3) is 3.35. The van der Waals surface area contributed by atoms with Crippen LogP contribution in [0.1, 0.15) is 36.7 Å². The van der Waals surface area contributed by atoms with Gasteiger partial charge in [-0.2, -0.15) is 0 Å². The number of anilines is 1. The van der Waals surface area contributed by atoms with Gasteiger partial charge in [0.1, 0.15) is 5.75 Å². The van der Waals surface area contributed by atoms with Crippen molar-refractivity contribution in [1.82, 2.24) is 4.90 Å². The highest BCUT2D eigenvalue weighted by Gasteiger charge is 2.29. The first-order chi connectivity index (χ1) is 13.4. The summed E-state index contributed by atoms with van der Waals surface area (Å²) in [5.74, 6) is 1.55. The monoisotopic (exact) mass is 382 g/mol. The zero-order chi connectivity index (χ0) is 19.8. The van der Waals surface area contributed by atoms with E-state index in [1.807, 2.05) is 19.9 Å². The van der Waals surface area contributed by atoms with Gasteiger partial charge < -0.3 is 24.4 Å². The van der Waals surface area contributed by atoms with Crippen molar-refractivity contribution in [2.75, 3.05) is 12.1 Å². The number of ether oxygens (including phenoxy) is 3. The summed E-state index contributed by atoms with van der Waals surface area (Å²) in [4.78, 5) is 26.9. The van der Waals surface area contributed by atoms with Gasteiger partial charge in [0.2, 0.25) is 6.79 Å². The zero-order valence-electron chi connectivity index (χ0n) is 16.0. The molecule has 1 unspecified atom stereocenters. The summed E-state index contributed by atoms with van der Waals surface area (Å²) in [5.41, 5.74) is 1.97. The lowest BCUT2D eigenvalue weighted by Gasteiger charge is -2.26. The molecule has 28 heavy (non-hydrogen) atoms. The van der Waals surface area contributed by atoms with E-state index in [-0.39, 0.29) is 24.6 Å². The lowest BCUT2D eigenvalue weighted by atomic mass is 10.1. The Morgan fingerprint density at radius 3 is 2.64 bits per heavy atom. The molecule has 0 saturated carbocycles. The molecule has 0 bridgehead atoms. The highest BCUT2D eigenvalue weighted by Crippen LogP contribution is 2.33. The Bertz CT molecular complexity index is 940. The third-order valence-corrected chi connectivity index (χ3v) is 4.85. The molecule has 2 heterocycles. The first kappa shape index (κ1) is 18.2. The minimum Gasteiger partial charge on any atom is -0.481 e. The molecule has 0 fully saturated rings. The SMILES string of the molecule is CC1Oc2ccc(NC(=O)c3ccc4c(c3)OCO4)cc2CN(C(C)C)C1=O. The third-order valence-electron chi connectivity index (χ3n) is 4.85. The van der Waals surface area contributed by atoms with E-state index >= 15 is 0 Å². The van der Waals surface area contributed by atoms with Crippen molar-refractivity contribution in [1.29, 1.82) is 0 Å². The summed E-state index contributed by atoms with van der Waals surface area (Å²) < 4.78 is 16.4. The number of amides is 2.